The first-order valence-electron chi connectivity index (χ1n) is 7.31. The van der Waals surface area contributed by atoms with Crippen molar-refractivity contribution in [1.29, 1.82) is 0 Å². The maximum atomic E-state index is 16.5. The smallest absolute Gasteiger partial charge is 0.296 e. The summed E-state index contributed by atoms with van der Waals surface area (Å²) in [6.45, 7) is 0. The molecular formula is C19H15ClF2Si. The van der Waals surface area contributed by atoms with E-state index in [-0.39, 0.29) is 5.56 Å². The van der Waals surface area contributed by atoms with Crippen LogP contribution in [0.5, 0.6) is 0 Å². The Morgan fingerprint density at radius 3 is 1.61 bits per heavy atom. The Morgan fingerprint density at radius 1 is 0.696 bits per heavy atom. The van der Waals surface area contributed by atoms with Gasteiger partial charge in [0.25, 0.3) is 0 Å². The molecule has 0 aliphatic heterocycles. The van der Waals surface area contributed by atoms with Crippen LogP contribution in [0.1, 0.15) is 11.2 Å². The first kappa shape index (κ1) is 15.9. The van der Waals surface area contributed by atoms with E-state index < -0.39 is 14.0 Å². The van der Waals surface area contributed by atoms with Crippen molar-refractivity contribution >= 4 is 35.6 Å². The molecule has 0 amide bonds. The summed E-state index contributed by atoms with van der Waals surface area (Å²) >= 11 is 5.68. The van der Waals surface area contributed by atoms with Crippen LogP contribution in [0.4, 0.5) is 8.50 Å². The summed E-state index contributed by atoms with van der Waals surface area (Å²) in [7, 11) is -3.81. The van der Waals surface area contributed by atoms with Crippen molar-refractivity contribution in [3.8, 4) is 0 Å². The van der Waals surface area contributed by atoms with E-state index >= 15 is 4.11 Å². The second-order valence-electron chi connectivity index (χ2n) is 5.28. The van der Waals surface area contributed by atoms with Crippen LogP contribution in [0.3, 0.4) is 0 Å². The van der Waals surface area contributed by atoms with Crippen LogP contribution in [0.25, 0.3) is 0 Å². The van der Waals surface area contributed by atoms with E-state index in [4.69, 9.17) is 11.6 Å². The highest BCUT2D eigenvalue weighted by molar-refractivity contribution is 7.07. The predicted molar refractivity (Wildman–Crippen MR) is 94.8 cm³/mol. The minimum atomic E-state index is -3.81. The van der Waals surface area contributed by atoms with Crippen molar-refractivity contribution in [3.63, 3.8) is 0 Å². The standard InChI is InChI=1S/C19H15ClF2Si/c20-19(21)17-13-7-8-14-18(17)23(22,15-9-3-1-4-10-15)16-11-5-2-6-12-16/h1-14,19H. The van der Waals surface area contributed by atoms with E-state index in [1.54, 1.807) is 72.8 Å². The maximum Gasteiger partial charge on any atom is 0.339 e. The minimum absolute atomic E-state index is 0.205. The zero-order chi connectivity index (χ0) is 16.3. The molecular weight excluding hydrogens is 330 g/mol. The fourth-order valence-corrected chi connectivity index (χ4v) is 6.29. The molecule has 116 valence electrons. The highest BCUT2D eigenvalue weighted by Gasteiger charge is 2.43. The van der Waals surface area contributed by atoms with Crippen LogP contribution in [0, 0.1) is 0 Å². The Hall–Kier alpha value is -1.97. The highest BCUT2D eigenvalue weighted by atomic mass is 35.5. The second kappa shape index (κ2) is 6.65. The molecule has 0 N–H and O–H groups in total. The van der Waals surface area contributed by atoms with Crippen molar-refractivity contribution in [2.24, 2.45) is 0 Å². The van der Waals surface area contributed by atoms with Crippen molar-refractivity contribution in [1.82, 2.24) is 0 Å². The van der Waals surface area contributed by atoms with E-state index in [9.17, 15) is 4.39 Å². The summed E-state index contributed by atoms with van der Waals surface area (Å²) in [5, 5.41) is 1.52. The number of rotatable bonds is 4. The molecule has 0 radical (unpaired) electrons. The van der Waals surface area contributed by atoms with E-state index in [1.807, 2.05) is 12.1 Å². The Balaban J connectivity index is 2.30. The third-order valence-electron chi connectivity index (χ3n) is 3.91. The first-order chi connectivity index (χ1) is 11.1. The van der Waals surface area contributed by atoms with Gasteiger partial charge >= 0.3 is 8.41 Å². The molecule has 0 aliphatic rings. The van der Waals surface area contributed by atoms with Crippen LogP contribution in [-0.2, 0) is 0 Å². The van der Waals surface area contributed by atoms with E-state index in [0.29, 0.717) is 15.6 Å². The van der Waals surface area contributed by atoms with Gasteiger partial charge in [-0.2, -0.15) is 0 Å². The number of hydrogen-bond acceptors (Lipinski definition) is 0. The molecule has 0 aromatic heterocycles. The maximum absolute atomic E-state index is 16.5. The molecule has 1 atom stereocenters. The summed E-state index contributed by atoms with van der Waals surface area (Å²) in [5.74, 6) is 0. The molecule has 0 bridgehead atoms. The molecule has 4 heteroatoms. The van der Waals surface area contributed by atoms with Gasteiger partial charge in [0.2, 0.25) is 0 Å². The Morgan fingerprint density at radius 2 is 1.13 bits per heavy atom. The number of alkyl halides is 2. The fraction of sp³-hybridized carbons (Fsp3) is 0.0526. The molecule has 1 unspecified atom stereocenters. The molecule has 0 saturated carbocycles. The topological polar surface area (TPSA) is 0 Å². The zero-order valence-corrected chi connectivity index (χ0v) is 14.1. The molecule has 3 rings (SSSR count). The SMILES string of the molecule is FC(Cl)c1ccccc1[Si](F)(c1ccccc1)c1ccccc1. The zero-order valence-electron chi connectivity index (χ0n) is 12.3. The fourth-order valence-electron chi connectivity index (χ4n) is 2.81. The van der Waals surface area contributed by atoms with Crippen molar-refractivity contribution in [2.75, 3.05) is 0 Å². The van der Waals surface area contributed by atoms with E-state index in [0.717, 1.165) is 0 Å². The van der Waals surface area contributed by atoms with Crippen molar-refractivity contribution < 1.29 is 8.50 Å². The molecule has 0 fully saturated rings. The predicted octanol–water partition coefficient (Wildman–Crippen LogP) is 3.83. The number of halogens is 3. The van der Waals surface area contributed by atoms with Crippen LogP contribution < -0.4 is 15.6 Å². The lowest BCUT2D eigenvalue weighted by molar-refractivity contribution is 0.462. The summed E-state index contributed by atoms with van der Waals surface area (Å²) < 4.78 is 30.4. The third-order valence-corrected chi connectivity index (χ3v) is 7.60. The third kappa shape index (κ3) is 2.94. The van der Waals surface area contributed by atoms with Crippen molar-refractivity contribution in [2.45, 2.75) is 5.63 Å². The first-order valence-corrected chi connectivity index (χ1v) is 9.63. The van der Waals surface area contributed by atoms with Crippen LogP contribution in [-0.4, -0.2) is 8.41 Å². The molecule has 0 heterocycles. The second-order valence-corrected chi connectivity index (χ2v) is 8.67. The molecule has 23 heavy (non-hydrogen) atoms. The average Bonchev–Trinajstić information content (AvgIpc) is 2.62. The Bertz CT molecular complexity index is 736. The van der Waals surface area contributed by atoms with Gasteiger partial charge in [-0.15, -0.1) is 0 Å². The van der Waals surface area contributed by atoms with Gasteiger partial charge in [0.15, 0.2) is 5.63 Å². The molecule has 0 saturated heterocycles. The average molecular weight is 345 g/mol. The minimum Gasteiger partial charge on any atom is -0.296 e. The van der Waals surface area contributed by atoms with E-state index in [2.05, 4.69) is 0 Å². The Labute approximate surface area is 140 Å². The van der Waals surface area contributed by atoms with E-state index in [1.165, 1.54) is 0 Å². The normalized spacial score (nSPS) is 12.8. The van der Waals surface area contributed by atoms with Crippen LogP contribution in [0.15, 0.2) is 84.9 Å². The summed E-state index contributed by atoms with van der Waals surface area (Å²) in [5.41, 5.74) is -1.53. The van der Waals surface area contributed by atoms with Gasteiger partial charge < -0.3 is 0 Å². The van der Waals surface area contributed by atoms with Crippen molar-refractivity contribution in [3.05, 3.63) is 90.5 Å². The molecule has 0 spiro atoms. The summed E-state index contributed by atoms with van der Waals surface area (Å²) in [6, 6.07) is 24.5. The number of benzene rings is 3. The molecule has 3 aromatic rings. The van der Waals surface area contributed by atoms with Crippen LogP contribution >= 0.6 is 11.6 Å². The summed E-state index contributed by atoms with van der Waals surface area (Å²) in [6.07, 6.45) is 0. The monoisotopic (exact) mass is 344 g/mol. The van der Waals surface area contributed by atoms with Crippen LogP contribution in [0.2, 0.25) is 0 Å². The molecule has 0 nitrogen and oxygen atoms in total. The van der Waals surface area contributed by atoms with Gasteiger partial charge in [-0.3, -0.25) is 4.11 Å². The van der Waals surface area contributed by atoms with Gasteiger partial charge in [0, 0.05) is 5.56 Å². The Kier molecular flexibility index (Phi) is 4.60. The van der Waals surface area contributed by atoms with Gasteiger partial charge in [-0.05, 0) is 15.6 Å². The number of hydrogen-bond donors (Lipinski definition) is 0. The van der Waals surface area contributed by atoms with Gasteiger partial charge in [-0.25, -0.2) is 4.39 Å². The lowest BCUT2D eigenvalue weighted by Gasteiger charge is -2.26. The van der Waals surface area contributed by atoms with Gasteiger partial charge in [0.1, 0.15) is 0 Å². The molecule has 0 aliphatic carbocycles. The lowest BCUT2D eigenvalue weighted by atomic mass is 10.2. The quantitative estimate of drug-likeness (QED) is 0.292. The molecule has 3 aromatic carbocycles. The largest absolute Gasteiger partial charge is 0.339 e. The van der Waals surface area contributed by atoms with Gasteiger partial charge in [-0.1, -0.05) is 96.5 Å². The summed E-state index contributed by atoms with van der Waals surface area (Å²) in [4.78, 5) is 0. The lowest BCUT2D eigenvalue weighted by Crippen LogP contribution is -2.64. The van der Waals surface area contributed by atoms with Gasteiger partial charge in [0.05, 0.1) is 0 Å². The highest BCUT2D eigenvalue weighted by Crippen LogP contribution is 2.22.